The van der Waals surface area contributed by atoms with Crippen LogP contribution in [0.15, 0.2) is 41.5 Å². The highest BCUT2D eigenvalue weighted by Crippen LogP contribution is 2.37. The van der Waals surface area contributed by atoms with E-state index in [-0.39, 0.29) is 18.5 Å². The van der Waals surface area contributed by atoms with Crippen LogP contribution in [0.1, 0.15) is 35.1 Å². The Hall–Kier alpha value is -2.34. The minimum Gasteiger partial charge on any atom is -0.495 e. The van der Waals surface area contributed by atoms with E-state index in [1.54, 1.807) is 13.3 Å². The van der Waals surface area contributed by atoms with E-state index >= 15 is 0 Å². The molecule has 2 aromatic rings. The number of hydrazone groups is 1. The van der Waals surface area contributed by atoms with Gasteiger partial charge in [0.2, 0.25) is 0 Å². The third-order valence-corrected chi connectivity index (χ3v) is 6.39. The first-order chi connectivity index (χ1) is 15.0. The molecule has 32 heavy (non-hydrogen) atoms. The molecule has 4 rings (SSSR count). The number of fused-ring (bicyclic) bond motifs is 1. The van der Waals surface area contributed by atoms with E-state index < -0.39 is 5.79 Å². The van der Waals surface area contributed by atoms with Gasteiger partial charge in [-0.2, -0.15) is 10.4 Å². The van der Waals surface area contributed by atoms with Crippen LogP contribution in [0.3, 0.4) is 0 Å². The lowest BCUT2D eigenvalue weighted by Gasteiger charge is -2.52. The maximum atomic E-state index is 10.1. The summed E-state index contributed by atoms with van der Waals surface area (Å²) in [5.74, 6) is -0.124. The smallest absolute Gasteiger partial charge is 0.191 e. The molecule has 0 radical (unpaired) electrons. The van der Waals surface area contributed by atoms with Crippen LogP contribution >= 0.6 is 24.0 Å². The SMILES string of the molecule is COc1ccc(CN(C)C2(N3CCC(O)CC3)NN=Cc3ccc(C#N)cc32)cc1Cl.Cl. The van der Waals surface area contributed by atoms with E-state index in [0.29, 0.717) is 48.8 Å². The van der Waals surface area contributed by atoms with Crippen LogP contribution < -0.4 is 10.2 Å². The van der Waals surface area contributed by atoms with Crippen molar-refractivity contribution in [3.63, 3.8) is 0 Å². The second-order valence-corrected chi connectivity index (χ2v) is 8.41. The first-order valence-electron chi connectivity index (χ1n) is 10.3. The first-order valence-corrected chi connectivity index (χ1v) is 10.7. The predicted molar refractivity (Wildman–Crippen MR) is 127 cm³/mol. The zero-order valence-electron chi connectivity index (χ0n) is 18.1. The molecule has 2 aliphatic rings. The van der Waals surface area contributed by atoms with Gasteiger partial charge in [0.05, 0.1) is 36.1 Å². The Morgan fingerprint density at radius 1 is 1.31 bits per heavy atom. The molecule has 7 nitrogen and oxygen atoms in total. The molecule has 1 fully saturated rings. The third-order valence-electron chi connectivity index (χ3n) is 6.09. The third kappa shape index (κ3) is 4.42. The summed E-state index contributed by atoms with van der Waals surface area (Å²) in [6, 6.07) is 13.7. The topological polar surface area (TPSA) is 84.1 Å². The zero-order chi connectivity index (χ0) is 22.0. The van der Waals surface area contributed by atoms with Gasteiger partial charge in [-0.05, 0) is 49.7 Å². The van der Waals surface area contributed by atoms with Crippen molar-refractivity contribution in [2.75, 3.05) is 27.2 Å². The Morgan fingerprint density at radius 2 is 2.06 bits per heavy atom. The number of methoxy groups -OCH3 is 1. The number of likely N-dealkylation sites (tertiary alicyclic amines) is 1. The highest BCUT2D eigenvalue weighted by molar-refractivity contribution is 6.32. The van der Waals surface area contributed by atoms with Gasteiger partial charge in [-0.3, -0.25) is 15.2 Å². The summed E-state index contributed by atoms with van der Waals surface area (Å²) >= 11 is 6.36. The lowest BCUT2D eigenvalue weighted by Crippen LogP contribution is -2.66. The van der Waals surface area contributed by atoms with Crippen LogP contribution in [0.25, 0.3) is 0 Å². The number of aliphatic hydroxyl groups excluding tert-OH is 1. The summed E-state index contributed by atoms with van der Waals surface area (Å²) in [7, 11) is 3.63. The standard InChI is InChI=1S/C23H26ClN5O2.ClH/c1-28(15-17-4-6-22(31-2)21(24)12-17)23(29-9-7-19(30)8-10-29)20-11-16(13-25)3-5-18(20)14-26-27-23;/h3-6,11-12,14,19,27,30H,7-10,15H2,1-2H3;1H. The molecule has 2 heterocycles. The van der Waals surface area contributed by atoms with Gasteiger partial charge in [0, 0.05) is 30.8 Å². The Bertz CT molecular complexity index is 1030. The van der Waals surface area contributed by atoms with Crippen LogP contribution in [0.5, 0.6) is 5.75 Å². The van der Waals surface area contributed by atoms with Crippen molar-refractivity contribution in [2.24, 2.45) is 5.10 Å². The van der Waals surface area contributed by atoms with Crippen LogP contribution in [0.4, 0.5) is 0 Å². The average Bonchev–Trinajstić information content (AvgIpc) is 2.79. The second kappa shape index (κ2) is 10.1. The number of piperidine rings is 1. The number of nitrogens with zero attached hydrogens (tertiary/aromatic N) is 4. The van der Waals surface area contributed by atoms with E-state index in [4.69, 9.17) is 16.3 Å². The number of benzene rings is 2. The molecule has 170 valence electrons. The van der Waals surface area contributed by atoms with E-state index in [0.717, 1.165) is 16.7 Å². The van der Waals surface area contributed by atoms with Gasteiger partial charge in [0.15, 0.2) is 5.79 Å². The van der Waals surface area contributed by atoms with Crippen molar-refractivity contribution in [2.45, 2.75) is 31.3 Å². The van der Waals surface area contributed by atoms with Gasteiger partial charge in [0.1, 0.15) is 5.75 Å². The van der Waals surface area contributed by atoms with Crippen molar-refractivity contribution in [1.29, 1.82) is 5.26 Å². The van der Waals surface area contributed by atoms with Crippen molar-refractivity contribution in [3.05, 3.63) is 63.7 Å². The van der Waals surface area contributed by atoms with Crippen molar-refractivity contribution in [3.8, 4) is 11.8 Å². The van der Waals surface area contributed by atoms with Crippen molar-refractivity contribution < 1.29 is 9.84 Å². The molecular weight excluding hydrogens is 449 g/mol. The lowest BCUT2D eigenvalue weighted by atomic mass is 9.93. The van der Waals surface area contributed by atoms with Gasteiger partial charge in [-0.1, -0.05) is 23.7 Å². The minimum atomic E-state index is -0.760. The van der Waals surface area contributed by atoms with Crippen LogP contribution in [-0.4, -0.2) is 54.5 Å². The molecule has 0 saturated carbocycles. The highest BCUT2D eigenvalue weighted by Gasteiger charge is 2.46. The average molecular weight is 476 g/mol. The van der Waals surface area contributed by atoms with Crippen LogP contribution in [0.2, 0.25) is 5.02 Å². The zero-order valence-corrected chi connectivity index (χ0v) is 19.7. The second-order valence-electron chi connectivity index (χ2n) is 8.00. The van der Waals surface area contributed by atoms with Crippen molar-refractivity contribution >= 4 is 30.2 Å². The molecule has 2 aromatic carbocycles. The number of hydrogen-bond acceptors (Lipinski definition) is 7. The molecular formula is C23H27Cl2N5O2. The van der Waals surface area contributed by atoms with E-state index in [1.807, 2.05) is 43.4 Å². The number of aliphatic hydroxyl groups is 1. The largest absolute Gasteiger partial charge is 0.495 e. The summed E-state index contributed by atoms with van der Waals surface area (Å²) in [5, 5.41) is 24.6. The fourth-order valence-electron chi connectivity index (χ4n) is 4.45. The monoisotopic (exact) mass is 475 g/mol. The number of nitrogens with one attached hydrogen (secondary N) is 1. The highest BCUT2D eigenvalue weighted by atomic mass is 35.5. The molecule has 0 amide bonds. The Morgan fingerprint density at radius 3 is 2.72 bits per heavy atom. The van der Waals surface area contributed by atoms with Gasteiger partial charge >= 0.3 is 0 Å². The number of hydrogen-bond donors (Lipinski definition) is 2. The van der Waals surface area contributed by atoms with Gasteiger partial charge in [-0.25, -0.2) is 0 Å². The Balaban J connectivity index is 0.00000289. The van der Waals surface area contributed by atoms with Gasteiger partial charge < -0.3 is 9.84 Å². The molecule has 0 aromatic heterocycles. The fraction of sp³-hybridized carbons (Fsp3) is 0.391. The molecule has 0 spiro atoms. The quantitative estimate of drug-likeness (QED) is 0.689. The molecule has 1 saturated heterocycles. The molecule has 0 aliphatic carbocycles. The number of nitriles is 1. The molecule has 9 heteroatoms. The van der Waals surface area contributed by atoms with Gasteiger partial charge in [0.25, 0.3) is 0 Å². The normalized spacial score (nSPS) is 20.8. The Kier molecular flexibility index (Phi) is 7.65. The summed E-state index contributed by atoms with van der Waals surface area (Å²) in [4.78, 5) is 4.47. The maximum absolute atomic E-state index is 10.1. The first kappa shape index (κ1) is 24.3. The summed E-state index contributed by atoms with van der Waals surface area (Å²) < 4.78 is 5.28. The van der Waals surface area contributed by atoms with Gasteiger partial charge in [-0.15, -0.1) is 12.4 Å². The molecule has 2 aliphatic heterocycles. The van der Waals surface area contributed by atoms with Crippen LogP contribution in [-0.2, 0) is 12.3 Å². The number of halogens is 2. The van der Waals surface area contributed by atoms with E-state index in [2.05, 4.69) is 26.4 Å². The minimum absolute atomic E-state index is 0. The van der Waals surface area contributed by atoms with E-state index in [9.17, 15) is 10.4 Å². The molecule has 1 unspecified atom stereocenters. The number of ether oxygens (including phenoxy) is 1. The summed E-state index contributed by atoms with van der Waals surface area (Å²) in [6.07, 6.45) is 2.85. The molecule has 0 bridgehead atoms. The summed E-state index contributed by atoms with van der Waals surface area (Å²) in [5.41, 5.74) is 6.91. The van der Waals surface area contributed by atoms with Crippen LogP contribution in [0, 0.1) is 11.3 Å². The Labute approximate surface area is 199 Å². The molecule has 1 atom stereocenters. The molecule has 2 N–H and O–H groups in total. The number of rotatable bonds is 5. The van der Waals surface area contributed by atoms with Crippen molar-refractivity contribution in [1.82, 2.24) is 15.2 Å². The predicted octanol–water partition coefficient (Wildman–Crippen LogP) is 3.28. The lowest BCUT2D eigenvalue weighted by molar-refractivity contribution is -0.107. The van der Waals surface area contributed by atoms with E-state index in [1.165, 1.54) is 0 Å². The maximum Gasteiger partial charge on any atom is 0.191 e. The fourth-order valence-corrected chi connectivity index (χ4v) is 4.73. The summed E-state index contributed by atoms with van der Waals surface area (Å²) in [6.45, 7) is 1.99.